The lowest BCUT2D eigenvalue weighted by Gasteiger charge is -2.29. The number of hydrogen-bond donors (Lipinski definition) is 1. The fourth-order valence-electron chi connectivity index (χ4n) is 3.64. The van der Waals surface area contributed by atoms with Gasteiger partial charge in [-0.05, 0) is 43.9 Å². The van der Waals surface area contributed by atoms with E-state index in [-0.39, 0.29) is 29.0 Å². The number of halogens is 2. The molecule has 0 spiro atoms. The number of nitrogens with one attached hydrogen (secondary N) is 1. The minimum atomic E-state index is -0.500. The fourth-order valence-corrected chi connectivity index (χ4v) is 3.82. The highest BCUT2D eigenvalue weighted by molar-refractivity contribution is 6.31. The number of carbonyl (C=O) groups excluding carboxylic acids is 1. The molecule has 1 aromatic carbocycles. The number of anilines is 2. The number of hydrogen-bond acceptors (Lipinski definition) is 7. The maximum Gasteiger partial charge on any atom is 0.317 e. The first kappa shape index (κ1) is 21.2. The first-order valence-corrected chi connectivity index (χ1v) is 10.4. The van der Waals surface area contributed by atoms with Crippen LogP contribution >= 0.6 is 11.6 Å². The molecule has 1 amide bonds. The minimum absolute atomic E-state index is 0.00496. The molecule has 8 nitrogen and oxygen atoms in total. The zero-order chi connectivity index (χ0) is 22.0. The van der Waals surface area contributed by atoms with Gasteiger partial charge in [0.15, 0.2) is 5.82 Å². The molecule has 10 heteroatoms. The summed E-state index contributed by atoms with van der Waals surface area (Å²) in [7, 11) is 3.56. The molecule has 4 rings (SSSR count). The Kier molecular flexibility index (Phi) is 6.13. The van der Waals surface area contributed by atoms with Crippen molar-refractivity contribution in [2.75, 3.05) is 19.4 Å². The van der Waals surface area contributed by atoms with Gasteiger partial charge in [0.1, 0.15) is 29.3 Å². The summed E-state index contributed by atoms with van der Waals surface area (Å²) in [6.45, 7) is 0. The van der Waals surface area contributed by atoms with Gasteiger partial charge >= 0.3 is 6.01 Å². The minimum Gasteiger partial charge on any atom is -0.460 e. The van der Waals surface area contributed by atoms with E-state index in [0.717, 1.165) is 25.7 Å². The quantitative estimate of drug-likeness (QED) is 0.636. The number of rotatable bonds is 5. The van der Waals surface area contributed by atoms with Crippen molar-refractivity contribution < 1.29 is 13.9 Å². The van der Waals surface area contributed by atoms with E-state index >= 15 is 0 Å². The van der Waals surface area contributed by atoms with Crippen molar-refractivity contribution in [3.8, 4) is 6.01 Å². The summed E-state index contributed by atoms with van der Waals surface area (Å²) in [4.78, 5) is 31.0. The van der Waals surface area contributed by atoms with Crippen LogP contribution in [0.25, 0.3) is 11.0 Å². The molecule has 2 aromatic heterocycles. The molecule has 162 valence electrons. The number of nitrogens with zero attached hydrogens (tertiary/aromatic N) is 5. The van der Waals surface area contributed by atoms with E-state index in [9.17, 15) is 9.18 Å². The van der Waals surface area contributed by atoms with Gasteiger partial charge in [0.05, 0.1) is 11.2 Å². The average Bonchev–Trinajstić information content (AvgIpc) is 2.76. The maximum atomic E-state index is 13.4. The van der Waals surface area contributed by atoms with Crippen LogP contribution < -0.4 is 10.1 Å². The van der Waals surface area contributed by atoms with Crippen LogP contribution in [0.1, 0.15) is 25.7 Å². The van der Waals surface area contributed by atoms with Crippen molar-refractivity contribution in [2.24, 2.45) is 5.92 Å². The Labute approximate surface area is 183 Å². The predicted molar refractivity (Wildman–Crippen MR) is 115 cm³/mol. The summed E-state index contributed by atoms with van der Waals surface area (Å²) in [6.07, 6.45) is 5.98. The highest BCUT2D eigenvalue weighted by Gasteiger charge is 2.28. The SMILES string of the molecule is CN(C)C(=O)[C@H]1CC[C@H](Oc2ncc3ncnc(Nc4ccc(F)c(Cl)c4)c3n2)CC1. The average molecular weight is 445 g/mol. The summed E-state index contributed by atoms with van der Waals surface area (Å²) in [5.74, 6) is 0.133. The zero-order valence-corrected chi connectivity index (χ0v) is 17.9. The second-order valence-corrected chi connectivity index (χ2v) is 8.09. The lowest BCUT2D eigenvalue weighted by atomic mass is 9.86. The van der Waals surface area contributed by atoms with E-state index < -0.39 is 5.82 Å². The van der Waals surface area contributed by atoms with Gasteiger partial charge in [-0.15, -0.1) is 0 Å². The topological polar surface area (TPSA) is 93.1 Å². The third kappa shape index (κ3) is 4.82. The first-order valence-electron chi connectivity index (χ1n) is 9.98. The lowest BCUT2D eigenvalue weighted by molar-refractivity contribution is -0.134. The third-order valence-corrected chi connectivity index (χ3v) is 5.56. The highest BCUT2D eigenvalue weighted by Crippen LogP contribution is 2.29. The molecule has 0 bridgehead atoms. The molecule has 0 aliphatic heterocycles. The molecule has 1 fully saturated rings. The first-order chi connectivity index (χ1) is 14.9. The monoisotopic (exact) mass is 444 g/mol. The largest absolute Gasteiger partial charge is 0.460 e. The van der Waals surface area contributed by atoms with E-state index in [0.29, 0.717) is 22.5 Å². The van der Waals surface area contributed by atoms with E-state index in [2.05, 4.69) is 25.3 Å². The Bertz CT molecular complexity index is 1100. The molecule has 31 heavy (non-hydrogen) atoms. The van der Waals surface area contributed by atoms with Gasteiger partial charge in [0.2, 0.25) is 5.91 Å². The Hall–Kier alpha value is -3.07. The molecule has 1 N–H and O–H groups in total. The van der Waals surface area contributed by atoms with Gasteiger partial charge in [-0.3, -0.25) is 4.79 Å². The number of fused-ring (bicyclic) bond motifs is 1. The number of carbonyl (C=O) groups is 1. The summed E-state index contributed by atoms with van der Waals surface area (Å²) in [5, 5.41) is 3.09. The molecule has 1 aliphatic carbocycles. The van der Waals surface area contributed by atoms with Gasteiger partial charge in [-0.1, -0.05) is 11.6 Å². The number of aromatic nitrogens is 4. The van der Waals surface area contributed by atoms with Gasteiger partial charge in [-0.2, -0.15) is 4.98 Å². The smallest absolute Gasteiger partial charge is 0.317 e. The number of ether oxygens (including phenoxy) is 1. The second kappa shape index (κ2) is 8.97. The van der Waals surface area contributed by atoms with Gasteiger partial charge in [0, 0.05) is 25.7 Å². The molecule has 2 heterocycles. The number of benzene rings is 1. The molecular formula is C21H22ClFN6O2. The maximum absolute atomic E-state index is 13.4. The zero-order valence-electron chi connectivity index (χ0n) is 17.2. The number of amides is 1. The van der Waals surface area contributed by atoms with Crippen LogP contribution in [0.3, 0.4) is 0 Å². The predicted octanol–water partition coefficient (Wildman–Crippen LogP) is 3.98. The van der Waals surface area contributed by atoms with Crippen LogP contribution in [-0.4, -0.2) is 50.9 Å². The van der Waals surface area contributed by atoms with Crippen LogP contribution in [0.5, 0.6) is 6.01 Å². The van der Waals surface area contributed by atoms with E-state index in [1.165, 1.54) is 18.5 Å². The summed E-state index contributed by atoms with van der Waals surface area (Å²) in [5.41, 5.74) is 1.58. The molecule has 3 aromatic rings. The van der Waals surface area contributed by atoms with Crippen LogP contribution in [0.4, 0.5) is 15.9 Å². The summed E-state index contributed by atoms with van der Waals surface area (Å²) in [6, 6.07) is 4.53. The lowest BCUT2D eigenvalue weighted by Crippen LogP contribution is -2.34. The molecule has 0 atom stereocenters. The van der Waals surface area contributed by atoms with Crippen LogP contribution in [-0.2, 0) is 4.79 Å². The summed E-state index contributed by atoms with van der Waals surface area (Å²) >= 11 is 5.86. The van der Waals surface area contributed by atoms with Gasteiger partial charge in [0.25, 0.3) is 0 Å². The fraction of sp³-hybridized carbons (Fsp3) is 0.381. The molecule has 0 radical (unpaired) electrons. The molecule has 0 saturated heterocycles. The van der Waals surface area contributed by atoms with Gasteiger partial charge < -0.3 is 15.0 Å². The van der Waals surface area contributed by atoms with Crippen molar-refractivity contribution >= 4 is 40.0 Å². The Balaban J connectivity index is 1.49. The van der Waals surface area contributed by atoms with Crippen LogP contribution in [0.15, 0.2) is 30.7 Å². The third-order valence-electron chi connectivity index (χ3n) is 5.27. The van der Waals surface area contributed by atoms with Crippen molar-refractivity contribution in [3.05, 3.63) is 41.6 Å². The van der Waals surface area contributed by atoms with E-state index in [1.54, 1.807) is 31.3 Å². The molecule has 1 aliphatic rings. The van der Waals surface area contributed by atoms with Gasteiger partial charge in [-0.25, -0.2) is 19.3 Å². The Morgan fingerprint density at radius 3 is 2.68 bits per heavy atom. The Morgan fingerprint density at radius 2 is 1.97 bits per heavy atom. The van der Waals surface area contributed by atoms with Crippen molar-refractivity contribution in [1.82, 2.24) is 24.8 Å². The molecule has 0 unspecified atom stereocenters. The Morgan fingerprint density at radius 1 is 1.19 bits per heavy atom. The second-order valence-electron chi connectivity index (χ2n) is 7.69. The normalized spacial score (nSPS) is 18.6. The standard InChI is InChI=1S/C21H22ClFN6O2/c1-29(2)20(30)12-3-6-14(7-4-12)31-21-24-10-17-18(28-21)19(26-11-25-17)27-13-5-8-16(23)15(22)9-13/h5,8-12,14H,3-4,6-7H2,1-2H3,(H,25,26,27)/t12-,14-. The van der Waals surface area contributed by atoms with Crippen molar-refractivity contribution in [3.63, 3.8) is 0 Å². The van der Waals surface area contributed by atoms with Crippen molar-refractivity contribution in [1.29, 1.82) is 0 Å². The van der Waals surface area contributed by atoms with Crippen LogP contribution in [0.2, 0.25) is 5.02 Å². The van der Waals surface area contributed by atoms with E-state index in [1.807, 2.05) is 0 Å². The molecule has 1 saturated carbocycles. The van der Waals surface area contributed by atoms with E-state index in [4.69, 9.17) is 16.3 Å². The molecular weight excluding hydrogens is 423 g/mol. The van der Waals surface area contributed by atoms with Crippen molar-refractivity contribution in [2.45, 2.75) is 31.8 Å². The summed E-state index contributed by atoms with van der Waals surface area (Å²) < 4.78 is 19.4. The van der Waals surface area contributed by atoms with Crippen LogP contribution in [0, 0.1) is 11.7 Å². The highest BCUT2D eigenvalue weighted by atomic mass is 35.5.